The van der Waals surface area contributed by atoms with Crippen molar-refractivity contribution in [1.29, 1.82) is 0 Å². The normalized spacial score (nSPS) is 10.8. The number of aromatic nitrogens is 5. The Morgan fingerprint density at radius 2 is 1.73 bits per heavy atom. The molecule has 0 fully saturated rings. The summed E-state index contributed by atoms with van der Waals surface area (Å²) in [5.74, 6) is -0.204. The molecule has 0 saturated carbocycles. The minimum Gasteiger partial charge on any atom is -0.346 e. The molecule has 0 aliphatic heterocycles. The largest absolute Gasteiger partial charge is 0.346 e. The minimum atomic E-state index is -0.204. The molecule has 4 aromatic rings. The fourth-order valence-electron chi connectivity index (χ4n) is 2.63. The average Bonchev–Trinajstić information content (AvgIpc) is 3.10. The van der Waals surface area contributed by atoms with Crippen LogP contribution in [0.3, 0.4) is 0 Å². The van der Waals surface area contributed by atoms with Crippen LogP contribution in [0.25, 0.3) is 11.2 Å². The average molecular weight is 344 g/mol. The molecule has 1 amide bonds. The van der Waals surface area contributed by atoms with Gasteiger partial charge in [0.05, 0.1) is 36.4 Å². The monoisotopic (exact) mass is 344 g/mol. The lowest BCUT2D eigenvalue weighted by Crippen LogP contribution is -2.23. The van der Waals surface area contributed by atoms with Gasteiger partial charge in [-0.1, -0.05) is 12.1 Å². The molecule has 0 aliphatic carbocycles. The van der Waals surface area contributed by atoms with Crippen LogP contribution in [0.2, 0.25) is 0 Å². The van der Waals surface area contributed by atoms with Crippen molar-refractivity contribution in [3.05, 3.63) is 84.3 Å². The van der Waals surface area contributed by atoms with Crippen molar-refractivity contribution in [3.8, 4) is 0 Å². The lowest BCUT2D eigenvalue weighted by atomic mass is 10.2. The van der Waals surface area contributed by atoms with Crippen LogP contribution >= 0.6 is 0 Å². The minimum absolute atomic E-state index is 0.204. The maximum absolute atomic E-state index is 12.3. The molecule has 0 saturated heterocycles. The number of carbonyl (C=O) groups is 1. The molecule has 0 atom stereocenters. The summed E-state index contributed by atoms with van der Waals surface area (Å²) in [7, 11) is 0. The molecule has 0 spiro atoms. The highest BCUT2D eigenvalue weighted by Crippen LogP contribution is 2.13. The van der Waals surface area contributed by atoms with E-state index in [0.717, 1.165) is 17.0 Å². The maximum Gasteiger partial charge on any atom is 0.253 e. The number of amides is 1. The number of hydrogen-bond acceptors (Lipinski definition) is 5. The number of fused-ring (bicyclic) bond motifs is 1. The van der Waals surface area contributed by atoms with Gasteiger partial charge in [-0.25, -0.2) is 9.97 Å². The number of imidazole rings is 1. The van der Waals surface area contributed by atoms with Gasteiger partial charge in [0.1, 0.15) is 5.52 Å². The van der Waals surface area contributed by atoms with E-state index in [4.69, 9.17) is 0 Å². The number of pyridine rings is 3. The highest BCUT2D eigenvalue weighted by atomic mass is 16.1. The zero-order chi connectivity index (χ0) is 17.8. The Morgan fingerprint density at radius 1 is 0.962 bits per heavy atom. The van der Waals surface area contributed by atoms with Crippen molar-refractivity contribution in [2.45, 2.75) is 13.1 Å². The SMILES string of the molecule is O=C(NCc1ccccn1)c1cnc2c(c1)ncn2Cc1ccccn1. The van der Waals surface area contributed by atoms with Crippen molar-refractivity contribution in [1.82, 2.24) is 29.8 Å². The summed E-state index contributed by atoms with van der Waals surface area (Å²) in [6.45, 7) is 0.946. The molecule has 0 aliphatic rings. The van der Waals surface area contributed by atoms with Gasteiger partial charge < -0.3 is 9.88 Å². The highest BCUT2D eigenvalue weighted by Gasteiger charge is 2.11. The van der Waals surface area contributed by atoms with E-state index in [1.54, 1.807) is 31.0 Å². The third-order valence-corrected chi connectivity index (χ3v) is 3.93. The van der Waals surface area contributed by atoms with Crippen LogP contribution in [0, 0.1) is 0 Å². The third-order valence-electron chi connectivity index (χ3n) is 3.93. The van der Waals surface area contributed by atoms with E-state index < -0.39 is 0 Å². The Labute approximate surface area is 149 Å². The lowest BCUT2D eigenvalue weighted by molar-refractivity contribution is 0.0950. The van der Waals surface area contributed by atoms with Crippen LogP contribution in [0.4, 0.5) is 0 Å². The second-order valence-electron chi connectivity index (χ2n) is 5.76. The van der Waals surface area contributed by atoms with E-state index >= 15 is 0 Å². The molecular formula is C19H16N6O. The summed E-state index contributed by atoms with van der Waals surface area (Å²) in [6.07, 6.45) is 6.73. The molecule has 26 heavy (non-hydrogen) atoms. The van der Waals surface area contributed by atoms with E-state index in [1.807, 2.05) is 41.0 Å². The van der Waals surface area contributed by atoms with E-state index in [0.29, 0.717) is 24.2 Å². The van der Waals surface area contributed by atoms with Gasteiger partial charge in [-0.05, 0) is 30.3 Å². The number of hydrogen-bond donors (Lipinski definition) is 1. The van der Waals surface area contributed by atoms with Crippen molar-refractivity contribution >= 4 is 17.1 Å². The Balaban J connectivity index is 1.50. The van der Waals surface area contributed by atoms with Gasteiger partial charge in [-0.15, -0.1) is 0 Å². The van der Waals surface area contributed by atoms with Crippen LogP contribution in [-0.4, -0.2) is 30.4 Å². The van der Waals surface area contributed by atoms with E-state index in [-0.39, 0.29) is 5.91 Å². The van der Waals surface area contributed by atoms with Gasteiger partial charge in [0.15, 0.2) is 5.65 Å². The fourth-order valence-corrected chi connectivity index (χ4v) is 2.63. The Morgan fingerprint density at radius 3 is 2.46 bits per heavy atom. The summed E-state index contributed by atoms with van der Waals surface area (Å²) in [4.78, 5) is 29.6. The molecule has 1 N–H and O–H groups in total. The molecule has 4 aromatic heterocycles. The summed E-state index contributed by atoms with van der Waals surface area (Å²) < 4.78 is 1.91. The van der Waals surface area contributed by atoms with Crippen molar-refractivity contribution < 1.29 is 4.79 Å². The molecule has 0 radical (unpaired) electrons. The Bertz CT molecular complexity index is 1030. The molecule has 4 heterocycles. The number of nitrogens with zero attached hydrogens (tertiary/aromatic N) is 5. The first-order valence-corrected chi connectivity index (χ1v) is 8.18. The third kappa shape index (κ3) is 3.41. The van der Waals surface area contributed by atoms with Crippen LogP contribution in [-0.2, 0) is 13.1 Å². The van der Waals surface area contributed by atoms with Crippen LogP contribution in [0.15, 0.2) is 67.4 Å². The summed E-state index contributed by atoms with van der Waals surface area (Å²) in [5.41, 5.74) is 3.58. The molecule has 4 rings (SSSR count). The number of rotatable bonds is 5. The molecule has 7 heteroatoms. The molecule has 0 unspecified atom stereocenters. The number of nitrogens with one attached hydrogen (secondary N) is 1. The van der Waals surface area contributed by atoms with Crippen molar-refractivity contribution in [3.63, 3.8) is 0 Å². The molecule has 0 aromatic carbocycles. The first kappa shape index (κ1) is 15.9. The summed E-state index contributed by atoms with van der Waals surface area (Å²) >= 11 is 0. The van der Waals surface area contributed by atoms with Crippen LogP contribution in [0.1, 0.15) is 21.7 Å². The number of carbonyl (C=O) groups excluding carboxylic acids is 1. The smallest absolute Gasteiger partial charge is 0.253 e. The topological polar surface area (TPSA) is 85.6 Å². The maximum atomic E-state index is 12.3. The van der Waals surface area contributed by atoms with E-state index in [1.165, 1.54) is 0 Å². The summed E-state index contributed by atoms with van der Waals surface area (Å²) in [5, 5.41) is 2.84. The lowest BCUT2D eigenvalue weighted by Gasteiger charge is -2.05. The van der Waals surface area contributed by atoms with Crippen molar-refractivity contribution in [2.24, 2.45) is 0 Å². The van der Waals surface area contributed by atoms with Gasteiger partial charge in [-0.2, -0.15) is 0 Å². The molecule has 7 nitrogen and oxygen atoms in total. The van der Waals surface area contributed by atoms with Crippen LogP contribution < -0.4 is 5.32 Å². The first-order valence-electron chi connectivity index (χ1n) is 8.18. The second-order valence-corrected chi connectivity index (χ2v) is 5.76. The van der Waals surface area contributed by atoms with Crippen LogP contribution in [0.5, 0.6) is 0 Å². The summed E-state index contributed by atoms with van der Waals surface area (Å²) in [6, 6.07) is 13.1. The van der Waals surface area contributed by atoms with Gasteiger partial charge in [0.25, 0.3) is 5.91 Å². The van der Waals surface area contributed by atoms with E-state index in [9.17, 15) is 4.79 Å². The molecule has 128 valence electrons. The predicted molar refractivity (Wildman–Crippen MR) is 96.3 cm³/mol. The van der Waals surface area contributed by atoms with Gasteiger partial charge >= 0.3 is 0 Å². The zero-order valence-electron chi connectivity index (χ0n) is 13.9. The quantitative estimate of drug-likeness (QED) is 0.600. The van der Waals surface area contributed by atoms with Crippen molar-refractivity contribution in [2.75, 3.05) is 0 Å². The van der Waals surface area contributed by atoms with E-state index in [2.05, 4.69) is 25.3 Å². The Kier molecular flexibility index (Phi) is 4.34. The molecular weight excluding hydrogens is 328 g/mol. The fraction of sp³-hybridized carbons (Fsp3) is 0.105. The van der Waals surface area contributed by atoms with Gasteiger partial charge in [0, 0.05) is 18.6 Å². The van der Waals surface area contributed by atoms with Gasteiger partial charge in [-0.3, -0.25) is 14.8 Å². The standard InChI is InChI=1S/C19H16N6O/c26-19(23-11-15-5-1-3-7-20-15)14-9-17-18(22-10-14)25(13-24-17)12-16-6-2-4-8-21-16/h1-10,13H,11-12H2,(H,23,26). The first-order chi connectivity index (χ1) is 12.8. The predicted octanol–water partition coefficient (Wildman–Crippen LogP) is 2.20. The highest BCUT2D eigenvalue weighted by molar-refractivity contribution is 5.96. The molecule has 0 bridgehead atoms. The van der Waals surface area contributed by atoms with Gasteiger partial charge in [0.2, 0.25) is 0 Å². The second kappa shape index (κ2) is 7.10. The zero-order valence-corrected chi connectivity index (χ0v) is 13.9. The Hall–Kier alpha value is -3.61.